The summed E-state index contributed by atoms with van der Waals surface area (Å²) < 4.78 is 58.8. The molecule has 0 saturated carbocycles. The Hall–Kier alpha value is -0.900. The normalized spacial score (nSPS) is 21.6. The van der Waals surface area contributed by atoms with E-state index in [-0.39, 0.29) is 19.6 Å². The van der Waals surface area contributed by atoms with E-state index in [0.29, 0.717) is 13.0 Å². The molecule has 1 aliphatic heterocycles. The van der Waals surface area contributed by atoms with Gasteiger partial charge in [0.25, 0.3) is 0 Å². The van der Waals surface area contributed by atoms with Gasteiger partial charge < -0.3 is 34.3 Å². The van der Waals surface area contributed by atoms with Crippen LogP contribution in [0.1, 0.15) is 174 Å². The highest BCUT2D eigenvalue weighted by Crippen LogP contribution is 2.26. The fourth-order valence-electron chi connectivity index (χ4n) is 6.38. The minimum Gasteiger partial charge on any atom is -0.457 e. The molecule has 6 unspecified atom stereocenters. The van der Waals surface area contributed by atoms with E-state index in [2.05, 4.69) is 18.0 Å². The van der Waals surface area contributed by atoms with E-state index in [1.54, 1.807) is 0 Å². The van der Waals surface area contributed by atoms with Crippen LogP contribution in [0.5, 0.6) is 0 Å². The molecule has 4 N–H and O–H groups in total. The number of carbonyl (C=O) groups is 1. The summed E-state index contributed by atoms with van der Waals surface area (Å²) in [6.07, 6.45) is 20.0. The average molecular weight is 755 g/mol. The number of hydrogen-bond acceptors (Lipinski definition) is 11. The Morgan fingerprint density at radius 2 is 1.12 bits per heavy atom. The van der Waals surface area contributed by atoms with Crippen molar-refractivity contribution in [3.63, 3.8) is 0 Å². The largest absolute Gasteiger partial charge is 0.457 e. The molecule has 304 valence electrons. The van der Waals surface area contributed by atoms with Crippen LogP contribution in [-0.4, -0.2) is 97.5 Å². The molecule has 0 spiro atoms. The summed E-state index contributed by atoms with van der Waals surface area (Å²) in [6.45, 7) is 3.98. The summed E-state index contributed by atoms with van der Waals surface area (Å²) in [4.78, 5) is 12.8. The first kappa shape index (κ1) is 48.1. The zero-order valence-corrected chi connectivity index (χ0v) is 32.7. The van der Waals surface area contributed by atoms with Crippen LogP contribution < -0.4 is 0 Å². The van der Waals surface area contributed by atoms with Gasteiger partial charge >= 0.3 is 16.4 Å². The standard InChI is InChI=1S/C38H74O12S/c1-3-5-7-9-11-13-14-15-16-17-18-19-21-23-25-27-34(40)48-32(30-46-28-26-24-22-20-12-10-8-6-4-2)31-47-38-36(42)37(50-51(43,44)45)35(41)33(29-39)49-38/h32-33,35-39,41-42H,3-31H2,1-2H3,(H,43,44,45). The summed E-state index contributed by atoms with van der Waals surface area (Å²) in [6, 6.07) is 0. The van der Waals surface area contributed by atoms with Gasteiger partial charge in [0.2, 0.25) is 0 Å². The van der Waals surface area contributed by atoms with Gasteiger partial charge in [0, 0.05) is 13.0 Å². The Balaban J connectivity index is 2.45. The predicted molar refractivity (Wildman–Crippen MR) is 198 cm³/mol. The molecule has 13 heteroatoms. The Kier molecular flexibility index (Phi) is 29.7. The minimum atomic E-state index is -5.05. The maximum Gasteiger partial charge on any atom is 0.397 e. The Bertz CT molecular complexity index is 921. The quantitative estimate of drug-likeness (QED) is 0.0288. The highest BCUT2D eigenvalue weighted by Gasteiger charge is 2.48. The van der Waals surface area contributed by atoms with Gasteiger partial charge in [-0.15, -0.1) is 0 Å². The topological polar surface area (TPSA) is 178 Å². The molecule has 1 rings (SSSR count). The zero-order chi connectivity index (χ0) is 37.6. The maximum absolute atomic E-state index is 12.8. The molecule has 6 atom stereocenters. The first-order valence-corrected chi connectivity index (χ1v) is 21.7. The average Bonchev–Trinajstić information content (AvgIpc) is 3.09. The fraction of sp³-hybridized carbons (Fsp3) is 0.974. The molecule has 51 heavy (non-hydrogen) atoms. The van der Waals surface area contributed by atoms with Crippen molar-refractivity contribution in [2.45, 2.75) is 211 Å². The van der Waals surface area contributed by atoms with Gasteiger partial charge in [-0.05, 0) is 12.8 Å². The molecule has 1 heterocycles. The van der Waals surface area contributed by atoms with Crippen LogP contribution in [0.15, 0.2) is 0 Å². The van der Waals surface area contributed by atoms with E-state index in [1.807, 2.05) is 0 Å². The number of rotatable bonds is 35. The molecule has 12 nitrogen and oxygen atoms in total. The number of hydrogen-bond donors (Lipinski definition) is 4. The van der Waals surface area contributed by atoms with Crippen LogP contribution in [0.25, 0.3) is 0 Å². The zero-order valence-electron chi connectivity index (χ0n) is 31.9. The van der Waals surface area contributed by atoms with E-state index >= 15 is 0 Å². The second kappa shape index (κ2) is 31.5. The van der Waals surface area contributed by atoms with Crippen molar-refractivity contribution in [2.75, 3.05) is 26.4 Å². The molecule has 1 saturated heterocycles. The lowest BCUT2D eigenvalue weighted by Crippen LogP contribution is -2.60. The Labute approximate surface area is 309 Å². The third-order valence-electron chi connectivity index (χ3n) is 9.48. The van der Waals surface area contributed by atoms with Crippen LogP contribution in [0.2, 0.25) is 0 Å². The first-order valence-electron chi connectivity index (χ1n) is 20.3. The minimum absolute atomic E-state index is 0.0431. The van der Waals surface area contributed by atoms with Gasteiger partial charge in [-0.2, -0.15) is 8.42 Å². The van der Waals surface area contributed by atoms with Gasteiger partial charge in [-0.1, -0.05) is 155 Å². The SMILES string of the molecule is CCCCCCCCCCCCCCCCCC(=O)OC(COCCCCCCCCCCC)COC1OC(CO)C(O)C(OS(=O)(=O)O)C1O. The molecule has 0 aliphatic carbocycles. The molecule has 0 aromatic heterocycles. The van der Waals surface area contributed by atoms with Crippen molar-refractivity contribution < 1.29 is 56.2 Å². The van der Waals surface area contributed by atoms with Crippen LogP contribution in [-0.2, 0) is 38.3 Å². The molecular weight excluding hydrogens is 680 g/mol. The van der Waals surface area contributed by atoms with Gasteiger partial charge in [0.1, 0.15) is 30.5 Å². The fourth-order valence-corrected chi connectivity index (χ4v) is 6.89. The van der Waals surface area contributed by atoms with Gasteiger partial charge in [-0.3, -0.25) is 9.35 Å². The van der Waals surface area contributed by atoms with Crippen LogP contribution in [0, 0.1) is 0 Å². The lowest BCUT2D eigenvalue weighted by Gasteiger charge is -2.41. The summed E-state index contributed by atoms with van der Waals surface area (Å²) in [5.41, 5.74) is 0. The monoisotopic (exact) mass is 754 g/mol. The van der Waals surface area contributed by atoms with Crippen molar-refractivity contribution in [1.29, 1.82) is 0 Å². The van der Waals surface area contributed by atoms with Crippen molar-refractivity contribution in [3.05, 3.63) is 0 Å². The van der Waals surface area contributed by atoms with Gasteiger partial charge in [-0.25, -0.2) is 4.18 Å². The third kappa shape index (κ3) is 25.7. The van der Waals surface area contributed by atoms with Crippen LogP contribution in [0.3, 0.4) is 0 Å². The highest BCUT2D eigenvalue weighted by molar-refractivity contribution is 7.80. The molecule has 0 bridgehead atoms. The summed E-state index contributed by atoms with van der Waals surface area (Å²) >= 11 is 0. The summed E-state index contributed by atoms with van der Waals surface area (Å²) in [5, 5.41) is 30.5. The Morgan fingerprint density at radius 3 is 1.57 bits per heavy atom. The van der Waals surface area contributed by atoms with E-state index in [0.717, 1.165) is 38.5 Å². The lowest BCUT2D eigenvalue weighted by molar-refractivity contribution is -0.301. The number of esters is 1. The second-order valence-electron chi connectivity index (χ2n) is 14.2. The van der Waals surface area contributed by atoms with Gasteiger partial charge in [0.05, 0.1) is 19.8 Å². The third-order valence-corrected chi connectivity index (χ3v) is 9.94. The number of aliphatic hydroxyl groups is 3. The van der Waals surface area contributed by atoms with Crippen molar-refractivity contribution >= 4 is 16.4 Å². The molecule has 1 aliphatic rings. The number of ether oxygens (including phenoxy) is 4. The number of aliphatic hydroxyl groups excluding tert-OH is 3. The van der Waals surface area contributed by atoms with Crippen molar-refractivity contribution in [3.8, 4) is 0 Å². The van der Waals surface area contributed by atoms with Crippen LogP contribution >= 0.6 is 0 Å². The van der Waals surface area contributed by atoms with Crippen LogP contribution in [0.4, 0.5) is 0 Å². The number of carbonyl (C=O) groups excluding carboxylic acids is 1. The maximum atomic E-state index is 12.8. The van der Waals surface area contributed by atoms with E-state index < -0.39 is 59.8 Å². The first-order chi connectivity index (χ1) is 24.6. The summed E-state index contributed by atoms with van der Waals surface area (Å²) in [7, 11) is -5.05. The predicted octanol–water partition coefficient (Wildman–Crippen LogP) is 7.35. The number of unbranched alkanes of at least 4 members (excludes halogenated alkanes) is 22. The highest BCUT2D eigenvalue weighted by atomic mass is 32.3. The second-order valence-corrected chi connectivity index (χ2v) is 15.3. The molecule has 0 amide bonds. The Morgan fingerprint density at radius 1 is 0.667 bits per heavy atom. The summed E-state index contributed by atoms with van der Waals surface area (Å²) in [5.74, 6) is -0.397. The van der Waals surface area contributed by atoms with Gasteiger partial charge in [0.15, 0.2) is 6.29 Å². The van der Waals surface area contributed by atoms with E-state index in [9.17, 15) is 28.5 Å². The lowest BCUT2D eigenvalue weighted by atomic mass is 9.99. The molecule has 0 aromatic rings. The molecule has 1 fully saturated rings. The van der Waals surface area contributed by atoms with Crippen molar-refractivity contribution in [1.82, 2.24) is 0 Å². The van der Waals surface area contributed by atoms with Crippen molar-refractivity contribution in [2.24, 2.45) is 0 Å². The van der Waals surface area contributed by atoms with E-state index in [1.165, 1.54) is 109 Å². The smallest absolute Gasteiger partial charge is 0.397 e. The molecule has 0 radical (unpaired) electrons. The molecule has 0 aromatic carbocycles. The van der Waals surface area contributed by atoms with E-state index in [4.69, 9.17) is 23.5 Å². The molecular formula is C38H74O12S.